The molecule has 0 bridgehead atoms. The number of anilines is 2. The Balaban J connectivity index is 2.17. The van der Waals surface area contributed by atoms with E-state index in [2.05, 4.69) is 20.3 Å². The molecule has 0 fully saturated rings. The third-order valence-electron chi connectivity index (χ3n) is 2.51. The SMILES string of the molecule is Cc1sc(NC(=O)Nc2ccon2)c(C(=O)O)c1C. The minimum absolute atomic E-state index is 0.109. The number of nitrogens with zero attached hydrogens (tertiary/aromatic N) is 1. The van der Waals surface area contributed by atoms with Crippen LogP contribution in [0.2, 0.25) is 0 Å². The maximum absolute atomic E-state index is 11.7. The minimum Gasteiger partial charge on any atom is -0.478 e. The number of carboxylic acids is 1. The number of amides is 2. The van der Waals surface area contributed by atoms with Crippen molar-refractivity contribution in [3.8, 4) is 0 Å². The summed E-state index contributed by atoms with van der Waals surface area (Å²) in [5.41, 5.74) is 0.757. The van der Waals surface area contributed by atoms with Gasteiger partial charge >= 0.3 is 12.0 Å². The molecule has 0 radical (unpaired) electrons. The normalized spacial score (nSPS) is 10.2. The molecule has 7 nitrogen and oxygen atoms in total. The zero-order valence-corrected chi connectivity index (χ0v) is 11.0. The van der Waals surface area contributed by atoms with E-state index in [0.717, 1.165) is 4.88 Å². The molecule has 2 heterocycles. The number of thiophene rings is 1. The van der Waals surface area contributed by atoms with E-state index in [4.69, 9.17) is 5.11 Å². The van der Waals surface area contributed by atoms with Gasteiger partial charge in [0.05, 0.1) is 5.56 Å². The second kappa shape index (κ2) is 5.11. The predicted octanol–water partition coefficient (Wildman–Crippen LogP) is 2.70. The topological polar surface area (TPSA) is 104 Å². The third-order valence-corrected chi connectivity index (χ3v) is 3.63. The first-order valence-electron chi connectivity index (χ1n) is 5.30. The largest absolute Gasteiger partial charge is 0.478 e. The number of carbonyl (C=O) groups excluding carboxylic acids is 1. The van der Waals surface area contributed by atoms with Crippen molar-refractivity contribution in [3.05, 3.63) is 28.3 Å². The number of aryl methyl sites for hydroxylation is 1. The van der Waals surface area contributed by atoms with Crippen molar-refractivity contribution in [1.29, 1.82) is 0 Å². The predicted molar refractivity (Wildman–Crippen MR) is 69.9 cm³/mol. The Morgan fingerprint density at radius 1 is 1.37 bits per heavy atom. The molecule has 0 aliphatic heterocycles. The molecule has 0 atom stereocenters. The molecule has 0 aliphatic rings. The maximum atomic E-state index is 11.7. The highest BCUT2D eigenvalue weighted by molar-refractivity contribution is 7.16. The monoisotopic (exact) mass is 281 g/mol. The molecule has 0 spiro atoms. The van der Waals surface area contributed by atoms with E-state index in [1.165, 1.54) is 23.7 Å². The van der Waals surface area contributed by atoms with Gasteiger partial charge in [-0.3, -0.25) is 10.6 Å². The lowest BCUT2D eigenvalue weighted by molar-refractivity contribution is 0.0697. The summed E-state index contributed by atoms with van der Waals surface area (Å²) >= 11 is 1.21. The summed E-state index contributed by atoms with van der Waals surface area (Å²) < 4.78 is 4.57. The number of aromatic nitrogens is 1. The molecule has 2 amide bonds. The number of rotatable bonds is 3. The first-order chi connectivity index (χ1) is 8.99. The van der Waals surface area contributed by atoms with E-state index in [1.807, 2.05) is 0 Å². The average molecular weight is 281 g/mol. The second-order valence-electron chi connectivity index (χ2n) is 3.76. The standard InChI is InChI=1S/C11H11N3O4S/c1-5-6(2)19-9(8(5)10(15)16)13-11(17)12-7-3-4-18-14-7/h3-4H,1-2H3,(H,15,16)(H2,12,13,14,17). The molecule has 100 valence electrons. The fourth-order valence-electron chi connectivity index (χ4n) is 1.50. The molecule has 0 aromatic carbocycles. The van der Waals surface area contributed by atoms with Gasteiger partial charge in [0.1, 0.15) is 11.3 Å². The minimum atomic E-state index is -1.07. The Kier molecular flexibility index (Phi) is 3.52. The fourth-order valence-corrected chi connectivity index (χ4v) is 2.55. The van der Waals surface area contributed by atoms with E-state index in [-0.39, 0.29) is 11.4 Å². The highest BCUT2D eigenvalue weighted by Gasteiger charge is 2.20. The van der Waals surface area contributed by atoms with Gasteiger partial charge in [0.25, 0.3) is 0 Å². The molecular formula is C11H11N3O4S. The fraction of sp³-hybridized carbons (Fsp3) is 0.182. The van der Waals surface area contributed by atoms with Crippen molar-refractivity contribution in [2.45, 2.75) is 13.8 Å². The van der Waals surface area contributed by atoms with Crippen LogP contribution in [0.4, 0.5) is 15.6 Å². The van der Waals surface area contributed by atoms with Gasteiger partial charge < -0.3 is 9.63 Å². The number of urea groups is 1. The van der Waals surface area contributed by atoms with Crippen molar-refractivity contribution in [2.24, 2.45) is 0 Å². The van der Waals surface area contributed by atoms with Gasteiger partial charge in [-0.1, -0.05) is 5.16 Å². The molecule has 0 saturated carbocycles. The summed E-state index contributed by atoms with van der Waals surface area (Å²) in [6.45, 7) is 3.50. The molecular weight excluding hydrogens is 270 g/mol. The first-order valence-corrected chi connectivity index (χ1v) is 6.12. The van der Waals surface area contributed by atoms with E-state index >= 15 is 0 Å². The lowest BCUT2D eigenvalue weighted by atomic mass is 10.1. The van der Waals surface area contributed by atoms with E-state index in [1.54, 1.807) is 13.8 Å². The van der Waals surface area contributed by atoms with Crippen molar-refractivity contribution in [3.63, 3.8) is 0 Å². The molecule has 8 heteroatoms. The van der Waals surface area contributed by atoms with Crippen molar-refractivity contribution in [1.82, 2.24) is 5.16 Å². The van der Waals surface area contributed by atoms with E-state index in [0.29, 0.717) is 10.6 Å². The van der Waals surface area contributed by atoms with Gasteiger partial charge in [0.2, 0.25) is 0 Å². The van der Waals surface area contributed by atoms with Gasteiger partial charge in [-0.05, 0) is 19.4 Å². The second-order valence-corrected chi connectivity index (χ2v) is 4.98. The smallest absolute Gasteiger partial charge is 0.338 e. The zero-order chi connectivity index (χ0) is 14.0. The lowest BCUT2D eigenvalue weighted by Gasteiger charge is -2.04. The average Bonchev–Trinajstić information content (AvgIpc) is 2.88. The number of carbonyl (C=O) groups is 2. The maximum Gasteiger partial charge on any atom is 0.338 e. The van der Waals surface area contributed by atoms with Crippen LogP contribution in [0.1, 0.15) is 20.8 Å². The van der Waals surface area contributed by atoms with Gasteiger partial charge in [0.15, 0.2) is 5.82 Å². The van der Waals surface area contributed by atoms with Crippen LogP contribution in [0.5, 0.6) is 0 Å². The van der Waals surface area contributed by atoms with Crippen LogP contribution < -0.4 is 10.6 Å². The Hall–Kier alpha value is -2.35. The highest BCUT2D eigenvalue weighted by atomic mass is 32.1. The zero-order valence-electron chi connectivity index (χ0n) is 10.2. The number of nitrogens with one attached hydrogen (secondary N) is 2. The van der Waals surface area contributed by atoms with Crippen molar-refractivity contribution >= 4 is 34.2 Å². The molecule has 0 saturated heterocycles. The molecule has 2 aromatic heterocycles. The number of hydrogen-bond donors (Lipinski definition) is 3. The van der Waals surface area contributed by atoms with Crippen LogP contribution >= 0.6 is 11.3 Å². The van der Waals surface area contributed by atoms with Crippen LogP contribution in [-0.4, -0.2) is 22.3 Å². The Bertz CT molecular complexity index is 618. The highest BCUT2D eigenvalue weighted by Crippen LogP contribution is 2.32. The summed E-state index contributed by atoms with van der Waals surface area (Å²) in [6, 6.07) is 0.903. The summed E-state index contributed by atoms with van der Waals surface area (Å²) in [7, 11) is 0. The van der Waals surface area contributed by atoms with Crippen LogP contribution in [0.3, 0.4) is 0 Å². The molecule has 0 aliphatic carbocycles. The first kappa shape index (κ1) is 13.1. The number of aromatic carboxylic acids is 1. The van der Waals surface area contributed by atoms with Crippen LogP contribution in [0.25, 0.3) is 0 Å². The third kappa shape index (κ3) is 2.74. The Labute approximate surface area is 112 Å². The molecule has 2 rings (SSSR count). The molecule has 0 unspecified atom stereocenters. The van der Waals surface area contributed by atoms with Gasteiger partial charge in [-0.2, -0.15) is 0 Å². The number of carboxylic acid groups (broad SMARTS) is 1. The van der Waals surface area contributed by atoms with Gasteiger partial charge in [-0.15, -0.1) is 11.3 Å². The molecule has 3 N–H and O–H groups in total. The summed E-state index contributed by atoms with van der Waals surface area (Å²) in [5.74, 6) is -0.821. The van der Waals surface area contributed by atoms with Gasteiger partial charge in [-0.25, -0.2) is 9.59 Å². The molecule has 19 heavy (non-hydrogen) atoms. The Morgan fingerprint density at radius 2 is 2.11 bits per heavy atom. The summed E-state index contributed by atoms with van der Waals surface area (Å²) in [5, 5.41) is 17.9. The van der Waals surface area contributed by atoms with E-state index in [9.17, 15) is 9.59 Å². The van der Waals surface area contributed by atoms with Gasteiger partial charge in [0, 0.05) is 10.9 Å². The van der Waals surface area contributed by atoms with E-state index < -0.39 is 12.0 Å². The van der Waals surface area contributed by atoms with Crippen LogP contribution in [0.15, 0.2) is 16.9 Å². The number of hydrogen-bond acceptors (Lipinski definition) is 5. The van der Waals surface area contributed by atoms with Crippen LogP contribution in [-0.2, 0) is 0 Å². The van der Waals surface area contributed by atoms with Crippen molar-refractivity contribution < 1.29 is 19.2 Å². The quantitative estimate of drug-likeness (QED) is 0.802. The summed E-state index contributed by atoms with van der Waals surface area (Å²) in [6.07, 6.45) is 1.32. The Morgan fingerprint density at radius 3 is 2.68 bits per heavy atom. The van der Waals surface area contributed by atoms with Crippen molar-refractivity contribution in [2.75, 3.05) is 10.6 Å². The molecule has 2 aromatic rings. The lowest BCUT2D eigenvalue weighted by Crippen LogP contribution is -2.20. The van der Waals surface area contributed by atoms with Crippen LogP contribution in [0, 0.1) is 13.8 Å². The summed E-state index contributed by atoms with van der Waals surface area (Å²) in [4.78, 5) is 23.7.